The highest BCUT2D eigenvalue weighted by Crippen LogP contribution is 2.21. The predicted molar refractivity (Wildman–Crippen MR) is 89.4 cm³/mol. The number of primary amides is 1. The van der Waals surface area contributed by atoms with E-state index in [1.807, 2.05) is 0 Å². The zero-order valence-corrected chi connectivity index (χ0v) is 13.3. The molecular weight excluding hydrogens is 316 g/mol. The summed E-state index contributed by atoms with van der Waals surface area (Å²) in [4.78, 5) is 23.3. The van der Waals surface area contributed by atoms with Gasteiger partial charge in [-0.3, -0.25) is 9.59 Å². The lowest BCUT2D eigenvalue weighted by Crippen LogP contribution is -2.17. The van der Waals surface area contributed by atoms with E-state index < -0.39 is 12.0 Å². The molecule has 0 fully saturated rings. The molecule has 0 bridgehead atoms. The molecular formula is C17H17ClN2O3. The molecule has 120 valence electrons. The predicted octanol–water partition coefficient (Wildman–Crippen LogP) is 2.81. The number of nitrogens with one attached hydrogen (secondary N) is 1. The summed E-state index contributed by atoms with van der Waals surface area (Å²) >= 11 is 5.79. The van der Waals surface area contributed by atoms with Gasteiger partial charge in [0.1, 0.15) is 0 Å². The van der Waals surface area contributed by atoms with Crippen molar-refractivity contribution < 1.29 is 14.7 Å². The van der Waals surface area contributed by atoms with Gasteiger partial charge < -0.3 is 16.2 Å². The molecule has 0 aliphatic rings. The maximum atomic E-state index is 12.1. The van der Waals surface area contributed by atoms with Gasteiger partial charge in [0.05, 0.1) is 12.5 Å². The van der Waals surface area contributed by atoms with Crippen LogP contribution in [0.5, 0.6) is 0 Å². The van der Waals surface area contributed by atoms with Crippen LogP contribution in [0.4, 0.5) is 5.69 Å². The number of carbonyl (C=O) groups excluding carboxylic acids is 2. The average Bonchev–Trinajstić information content (AvgIpc) is 2.49. The van der Waals surface area contributed by atoms with Gasteiger partial charge in [-0.25, -0.2) is 0 Å². The van der Waals surface area contributed by atoms with Crippen molar-refractivity contribution in [1.29, 1.82) is 0 Å². The van der Waals surface area contributed by atoms with Crippen LogP contribution in [0.1, 0.15) is 34.0 Å². The molecule has 1 unspecified atom stereocenters. The van der Waals surface area contributed by atoms with E-state index in [9.17, 15) is 14.7 Å². The van der Waals surface area contributed by atoms with E-state index in [0.717, 1.165) is 5.56 Å². The Labute approximate surface area is 139 Å². The maximum absolute atomic E-state index is 12.1. The molecule has 0 heterocycles. The fraction of sp³-hybridized carbons (Fsp3) is 0.176. The van der Waals surface area contributed by atoms with Crippen molar-refractivity contribution in [2.75, 3.05) is 5.32 Å². The second kappa shape index (κ2) is 7.26. The molecule has 0 saturated heterocycles. The van der Waals surface area contributed by atoms with Gasteiger partial charge in [0.2, 0.25) is 11.8 Å². The van der Waals surface area contributed by atoms with Gasteiger partial charge in [-0.2, -0.15) is 0 Å². The van der Waals surface area contributed by atoms with Crippen LogP contribution in [0.25, 0.3) is 0 Å². The monoisotopic (exact) mass is 332 g/mol. The Hall–Kier alpha value is -2.37. The van der Waals surface area contributed by atoms with Crippen LogP contribution in [0, 0.1) is 6.92 Å². The van der Waals surface area contributed by atoms with E-state index >= 15 is 0 Å². The SMILES string of the molecule is Cc1ccc(C(N)=O)cc1NC(=O)CC(O)c1ccc(Cl)cc1. The van der Waals surface area contributed by atoms with Crippen LogP contribution in [0.15, 0.2) is 42.5 Å². The minimum Gasteiger partial charge on any atom is -0.388 e. The van der Waals surface area contributed by atoms with E-state index in [2.05, 4.69) is 5.32 Å². The lowest BCUT2D eigenvalue weighted by Gasteiger charge is -2.13. The van der Waals surface area contributed by atoms with Crippen LogP contribution >= 0.6 is 11.6 Å². The van der Waals surface area contributed by atoms with E-state index in [1.54, 1.807) is 43.3 Å². The molecule has 2 aromatic carbocycles. The molecule has 0 spiro atoms. The number of benzene rings is 2. The van der Waals surface area contributed by atoms with Crippen molar-refractivity contribution in [2.45, 2.75) is 19.4 Å². The van der Waals surface area contributed by atoms with Crippen molar-refractivity contribution in [3.63, 3.8) is 0 Å². The van der Waals surface area contributed by atoms with Crippen molar-refractivity contribution in [1.82, 2.24) is 0 Å². The molecule has 6 heteroatoms. The van der Waals surface area contributed by atoms with E-state index in [1.165, 1.54) is 6.07 Å². The number of aryl methyl sites for hydroxylation is 1. The van der Waals surface area contributed by atoms with Gasteiger partial charge in [0, 0.05) is 16.3 Å². The van der Waals surface area contributed by atoms with Gasteiger partial charge in [-0.05, 0) is 42.3 Å². The number of amides is 2. The van der Waals surface area contributed by atoms with Gasteiger partial charge in [-0.15, -0.1) is 0 Å². The Balaban J connectivity index is 2.06. The Morgan fingerprint density at radius 3 is 2.48 bits per heavy atom. The Morgan fingerprint density at radius 2 is 1.87 bits per heavy atom. The van der Waals surface area contributed by atoms with Crippen LogP contribution in [0.3, 0.4) is 0 Å². The molecule has 23 heavy (non-hydrogen) atoms. The fourth-order valence-corrected chi connectivity index (χ4v) is 2.22. The highest BCUT2D eigenvalue weighted by molar-refractivity contribution is 6.30. The van der Waals surface area contributed by atoms with Gasteiger partial charge in [-0.1, -0.05) is 29.8 Å². The lowest BCUT2D eigenvalue weighted by molar-refractivity contribution is -0.118. The summed E-state index contributed by atoms with van der Waals surface area (Å²) in [7, 11) is 0. The highest BCUT2D eigenvalue weighted by atomic mass is 35.5. The van der Waals surface area contributed by atoms with E-state index in [-0.39, 0.29) is 12.3 Å². The first-order chi connectivity index (χ1) is 10.9. The number of halogens is 1. The van der Waals surface area contributed by atoms with Gasteiger partial charge in [0.15, 0.2) is 0 Å². The number of nitrogens with two attached hydrogens (primary N) is 1. The van der Waals surface area contributed by atoms with Crippen LogP contribution in [-0.2, 0) is 4.79 Å². The molecule has 2 rings (SSSR count). The quantitative estimate of drug-likeness (QED) is 0.786. The van der Waals surface area contributed by atoms with Crippen molar-refractivity contribution in [2.24, 2.45) is 5.73 Å². The summed E-state index contributed by atoms with van der Waals surface area (Å²) < 4.78 is 0. The van der Waals surface area contributed by atoms with Crippen molar-refractivity contribution in [3.8, 4) is 0 Å². The highest BCUT2D eigenvalue weighted by Gasteiger charge is 2.14. The van der Waals surface area contributed by atoms with Gasteiger partial charge in [0.25, 0.3) is 0 Å². The summed E-state index contributed by atoms with van der Waals surface area (Å²) in [6.07, 6.45) is -1.05. The largest absolute Gasteiger partial charge is 0.388 e. The molecule has 0 aromatic heterocycles. The van der Waals surface area contributed by atoms with Crippen LogP contribution in [-0.4, -0.2) is 16.9 Å². The second-order valence-electron chi connectivity index (χ2n) is 5.21. The molecule has 4 N–H and O–H groups in total. The Morgan fingerprint density at radius 1 is 1.22 bits per heavy atom. The third-order valence-electron chi connectivity index (χ3n) is 3.43. The smallest absolute Gasteiger partial charge is 0.248 e. The standard InChI is InChI=1S/C17H17ClN2O3/c1-10-2-3-12(17(19)23)8-14(10)20-16(22)9-15(21)11-4-6-13(18)7-5-11/h2-8,15,21H,9H2,1H3,(H2,19,23)(H,20,22). The number of carbonyl (C=O) groups is 2. The molecule has 0 aliphatic heterocycles. The molecule has 1 atom stereocenters. The normalized spacial score (nSPS) is 11.8. The first-order valence-corrected chi connectivity index (χ1v) is 7.38. The molecule has 0 aliphatic carbocycles. The summed E-state index contributed by atoms with van der Waals surface area (Å²) in [5, 5.41) is 13.3. The number of rotatable bonds is 5. The van der Waals surface area contributed by atoms with E-state index in [4.69, 9.17) is 17.3 Å². The number of aliphatic hydroxyl groups is 1. The molecule has 0 radical (unpaired) electrons. The molecule has 2 aromatic rings. The Kier molecular flexibility index (Phi) is 5.36. The summed E-state index contributed by atoms with van der Waals surface area (Å²) in [6, 6.07) is 11.4. The Bertz CT molecular complexity index is 729. The maximum Gasteiger partial charge on any atom is 0.248 e. The number of anilines is 1. The summed E-state index contributed by atoms with van der Waals surface area (Å²) in [5.41, 5.74) is 7.43. The number of hydrogen-bond acceptors (Lipinski definition) is 3. The molecule has 0 saturated carbocycles. The van der Waals surface area contributed by atoms with Crippen molar-refractivity contribution >= 4 is 29.1 Å². The zero-order chi connectivity index (χ0) is 17.0. The lowest BCUT2D eigenvalue weighted by atomic mass is 10.1. The van der Waals surface area contributed by atoms with Crippen LogP contribution < -0.4 is 11.1 Å². The zero-order valence-electron chi connectivity index (χ0n) is 12.5. The number of aliphatic hydroxyl groups excluding tert-OH is 1. The molecule has 5 nitrogen and oxygen atoms in total. The summed E-state index contributed by atoms with van der Waals surface area (Å²) in [5.74, 6) is -0.932. The fourth-order valence-electron chi connectivity index (χ4n) is 2.09. The van der Waals surface area contributed by atoms with Gasteiger partial charge >= 0.3 is 0 Å². The summed E-state index contributed by atoms with van der Waals surface area (Å²) in [6.45, 7) is 1.80. The first-order valence-electron chi connectivity index (χ1n) is 7.00. The minimum atomic E-state index is -0.938. The first kappa shape index (κ1) is 17.0. The van der Waals surface area contributed by atoms with E-state index in [0.29, 0.717) is 21.8 Å². The van der Waals surface area contributed by atoms with Crippen molar-refractivity contribution in [3.05, 3.63) is 64.2 Å². The number of hydrogen-bond donors (Lipinski definition) is 3. The average molecular weight is 333 g/mol. The van der Waals surface area contributed by atoms with Crippen LogP contribution in [0.2, 0.25) is 5.02 Å². The molecule has 2 amide bonds. The third kappa shape index (κ3) is 4.55. The third-order valence-corrected chi connectivity index (χ3v) is 3.68. The minimum absolute atomic E-state index is 0.109. The topological polar surface area (TPSA) is 92.4 Å². The second-order valence-corrected chi connectivity index (χ2v) is 5.65.